The van der Waals surface area contributed by atoms with Crippen molar-refractivity contribution in [3.63, 3.8) is 0 Å². The minimum Gasteiger partial charge on any atom is -0.493 e. The van der Waals surface area contributed by atoms with Crippen LogP contribution in [0, 0.1) is 0 Å². The maximum Gasteiger partial charge on any atom is 0.191 e. The zero-order valence-corrected chi connectivity index (χ0v) is 21.0. The molecule has 7 heteroatoms. The fraction of sp³-hybridized carbons (Fsp3) is 0.435. The smallest absolute Gasteiger partial charge is 0.191 e. The number of aliphatic imine (C=N–C) groups is 1. The van der Waals surface area contributed by atoms with E-state index in [2.05, 4.69) is 56.9 Å². The molecule has 0 saturated heterocycles. The van der Waals surface area contributed by atoms with Crippen molar-refractivity contribution in [3.8, 4) is 11.5 Å². The van der Waals surface area contributed by atoms with E-state index in [9.17, 15) is 0 Å². The summed E-state index contributed by atoms with van der Waals surface area (Å²) < 4.78 is 11.0. The highest BCUT2D eigenvalue weighted by atomic mass is 127. The number of guanidine groups is 1. The second-order valence-corrected chi connectivity index (χ2v) is 6.94. The van der Waals surface area contributed by atoms with E-state index in [1.165, 1.54) is 16.8 Å². The quantitative estimate of drug-likeness (QED) is 0.212. The molecule has 0 atom stereocenters. The fourth-order valence-corrected chi connectivity index (χ4v) is 3.00. The van der Waals surface area contributed by atoms with Gasteiger partial charge in [-0.15, -0.1) is 24.0 Å². The van der Waals surface area contributed by atoms with Crippen LogP contribution < -0.4 is 25.0 Å². The molecule has 2 aromatic rings. The van der Waals surface area contributed by atoms with Crippen molar-refractivity contribution in [2.45, 2.75) is 26.3 Å². The molecule has 0 amide bonds. The Bertz CT molecular complexity index is 797. The van der Waals surface area contributed by atoms with Crippen LogP contribution in [0.1, 0.15) is 24.5 Å². The lowest BCUT2D eigenvalue weighted by Gasteiger charge is -2.15. The highest BCUT2D eigenvalue weighted by Gasteiger charge is 2.06. The van der Waals surface area contributed by atoms with Gasteiger partial charge in [-0.25, -0.2) is 0 Å². The van der Waals surface area contributed by atoms with Crippen LogP contribution in [0.15, 0.2) is 47.5 Å². The highest BCUT2D eigenvalue weighted by Crippen LogP contribution is 2.28. The highest BCUT2D eigenvalue weighted by molar-refractivity contribution is 14.0. The van der Waals surface area contributed by atoms with Gasteiger partial charge in [-0.3, -0.25) is 4.99 Å². The summed E-state index contributed by atoms with van der Waals surface area (Å²) in [7, 11) is 7.56. The van der Waals surface area contributed by atoms with Crippen LogP contribution in [-0.4, -0.2) is 47.4 Å². The average molecular weight is 526 g/mol. The summed E-state index contributed by atoms with van der Waals surface area (Å²) in [4.78, 5) is 6.42. The number of halogens is 1. The zero-order chi connectivity index (χ0) is 21.1. The van der Waals surface area contributed by atoms with E-state index in [0.29, 0.717) is 6.61 Å². The molecular formula is C23H35IN4O2. The van der Waals surface area contributed by atoms with E-state index < -0.39 is 0 Å². The number of nitrogens with one attached hydrogen (secondary N) is 2. The van der Waals surface area contributed by atoms with Crippen molar-refractivity contribution < 1.29 is 9.47 Å². The first-order valence-electron chi connectivity index (χ1n) is 10.1. The molecule has 166 valence electrons. The molecular weight excluding hydrogens is 491 g/mol. The molecule has 0 radical (unpaired) electrons. The van der Waals surface area contributed by atoms with Gasteiger partial charge in [0.05, 0.1) is 13.7 Å². The van der Waals surface area contributed by atoms with Crippen LogP contribution in [0.5, 0.6) is 11.5 Å². The number of hydrogen-bond donors (Lipinski definition) is 2. The van der Waals surface area contributed by atoms with E-state index in [1.54, 1.807) is 14.2 Å². The predicted octanol–water partition coefficient (Wildman–Crippen LogP) is 4.08. The lowest BCUT2D eigenvalue weighted by molar-refractivity contribution is 0.310. The number of hydrogen-bond acceptors (Lipinski definition) is 4. The summed E-state index contributed by atoms with van der Waals surface area (Å²) in [6.07, 6.45) is 1.95. The summed E-state index contributed by atoms with van der Waals surface area (Å²) >= 11 is 0. The van der Waals surface area contributed by atoms with Gasteiger partial charge in [-0.2, -0.15) is 0 Å². The van der Waals surface area contributed by atoms with Crippen molar-refractivity contribution in [2.24, 2.45) is 4.99 Å². The third-order valence-corrected chi connectivity index (χ3v) is 4.57. The summed E-state index contributed by atoms with van der Waals surface area (Å²) in [6, 6.07) is 14.6. The number of aryl methyl sites for hydroxylation is 1. The molecule has 0 aromatic heterocycles. The molecule has 0 saturated carbocycles. The first-order valence-corrected chi connectivity index (χ1v) is 10.1. The van der Waals surface area contributed by atoms with Crippen molar-refractivity contribution in [2.75, 3.05) is 46.3 Å². The van der Waals surface area contributed by atoms with Gasteiger partial charge in [0.2, 0.25) is 0 Å². The molecule has 0 fully saturated rings. The van der Waals surface area contributed by atoms with E-state index >= 15 is 0 Å². The Balaban J connectivity index is 0.00000450. The van der Waals surface area contributed by atoms with Crippen molar-refractivity contribution in [3.05, 3.63) is 53.6 Å². The number of rotatable bonds is 10. The minimum atomic E-state index is 0. The Hall–Kier alpha value is -2.16. The predicted molar refractivity (Wildman–Crippen MR) is 137 cm³/mol. The molecule has 0 aliphatic carbocycles. The lowest BCUT2D eigenvalue weighted by atomic mass is 10.1. The van der Waals surface area contributed by atoms with Gasteiger partial charge in [-0.1, -0.05) is 18.2 Å². The minimum absolute atomic E-state index is 0. The number of benzene rings is 2. The van der Waals surface area contributed by atoms with E-state index in [1.807, 2.05) is 27.1 Å². The second kappa shape index (κ2) is 14.0. The molecule has 30 heavy (non-hydrogen) atoms. The van der Waals surface area contributed by atoms with Crippen molar-refractivity contribution in [1.29, 1.82) is 0 Å². The Kier molecular flexibility index (Phi) is 12.0. The van der Waals surface area contributed by atoms with Crippen molar-refractivity contribution >= 4 is 35.6 Å². The molecule has 2 aromatic carbocycles. The Labute approximate surface area is 198 Å². The van der Waals surface area contributed by atoms with Gasteiger partial charge in [-0.05, 0) is 55.2 Å². The average Bonchev–Trinajstić information content (AvgIpc) is 2.74. The van der Waals surface area contributed by atoms with Crippen LogP contribution in [-0.2, 0) is 13.0 Å². The number of anilines is 1. The monoisotopic (exact) mass is 526 g/mol. The molecule has 6 nitrogen and oxygen atoms in total. The molecule has 0 aliphatic rings. The molecule has 2 N–H and O–H groups in total. The van der Waals surface area contributed by atoms with Crippen LogP contribution in [0.2, 0.25) is 0 Å². The summed E-state index contributed by atoms with van der Waals surface area (Å²) in [5.74, 6) is 2.39. The van der Waals surface area contributed by atoms with Gasteiger partial charge in [0, 0.05) is 39.9 Å². The van der Waals surface area contributed by atoms with Crippen LogP contribution in [0.25, 0.3) is 0 Å². The van der Waals surface area contributed by atoms with Crippen LogP contribution >= 0.6 is 24.0 Å². The van der Waals surface area contributed by atoms with E-state index in [0.717, 1.165) is 43.4 Å². The number of nitrogens with zero attached hydrogens (tertiary/aromatic N) is 2. The topological polar surface area (TPSA) is 58.1 Å². The van der Waals surface area contributed by atoms with Crippen LogP contribution in [0.4, 0.5) is 5.69 Å². The van der Waals surface area contributed by atoms with E-state index in [4.69, 9.17) is 9.47 Å². The van der Waals surface area contributed by atoms with Crippen molar-refractivity contribution in [1.82, 2.24) is 10.6 Å². The van der Waals surface area contributed by atoms with Gasteiger partial charge in [0.15, 0.2) is 17.5 Å². The molecule has 0 aliphatic heterocycles. The first kappa shape index (κ1) is 25.9. The standard InChI is InChI=1S/C23H34N4O2.HI/c1-6-29-22-16-18(12-13-21(22)28-5)10-8-14-25-23(24-2)26-17-19-9-7-11-20(15-19)27(3)4;/h7,9,11-13,15-16H,6,8,10,14,17H2,1-5H3,(H2,24,25,26);1H. The molecule has 2 rings (SSSR count). The fourth-order valence-electron chi connectivity index (χ4n) is 3.00. The normalized spacial score (nSPS) is 10.8. The van der Waals surface area contributed by atoms with Gasteiger partial charge in [0.25, 0.3) is 0 Å². The summed E-state index contributed by atoms with van der Waals surface area (Å²) in [5, 5.41) is 6.76. The Morgan fingerprint density at radius 3 is 2.50 bits per heavy atom. The Morgan fingerprint density at radius 2 is 1.83 bits per heavy atom. The maximum atomic E-state index is 5.65. The Morgan fingerprint density at radius 1 is 1.03 bits per heavy atom. The largest absolute Gasteiger partial charge is 0.493 e. The SMILES string of the molecule is CCOc1cc(CCCNC(=NC)NCc2cccc(N(C)C)c2)ccc1OC.I. The van der Waals surface area contributed by atoms with E-state index in [-0.39, 0.29) is 24.0 Å². The van der Waals surface area contributed by atoms with Gasteiger partial charge in [0.1, 0.15) is 0 Å². The molecule has 0 unspecified atom stereocenters. The zero-order valence-electron chi connectivity index (χ0n) is 18.7. The summed E-state index contributed by atoms with van der Waals surface area (Å²) in [6.45, 7) is 4.18. The second-order valence-electron chi connectivity index (χ2n) is 6.94. The molecule has 0 bridgehead atoms. The molecule has 0 heterocycles. The van der Waals surface area contributed by atoms with Crippen LogP contribution in [0.3, 0.4) is 0 Å². The van der Waals surface area contributed by atoms with Gasteiger partial charge >= 0.3 is 0 Å². The van der Waals surface area contributed by atoms with Gasteiger partial charge < -0.3 is 25.0 Å². The maximum absolute atomic E-state index is 5.65. The number of ether oxygens (including phenoxy) is 2. The number of methoxy groups -OCH3 is 1. The lowest BCUT2D eigenvalue weighted by Crippen LogP contribution is -2.37. The third-order valence-electron chi connectivity index (χ3n) is 4.57. The first-order chi connectivity index (χ1) is 14.1. The third kappa shape index (κ3) is 8.30. The summed E-state index contributed by atoms with van der Waals surface area (Å²) in [5.41, 5.74) is 3.65. The molecule has 0 spiro atoms.